The fraction of sp³-hybridized carbons (Fsp3) is 0. The first-order valence-corrected chi connectivity index (χ1v) is 4.20. The number of nitrogens with zero attached hydrogens (tertiary/aromatic N) is 2. The third-order valence-electron chi connectivity index (χ3n) is 2.24. The number of aliphatic imine (C=N–C) groups is 1. The zero-order valence-electron chi connectivity index (χ0n) is 6.94. The van der Waals surface area contributed by atoms with Crippen LogP contribution in [0.2, 0.25) is 0 Å². The maximum atomic E-state index is 4.16. The standard InChI is InChI=1S/C11H7N2/c1-2-4-9-6-11-10(12-7-13-11)5-8(9)3-1/h1-7H. The van der Waals surface area contributed by atoms with Crippen molar-refractivity contribution >= 4 is 28.5 Å². The molecule has 0 aliphatic carbocycles. The van der Waals surface area contributed by atoms with Crippen molar-refractivity contribution in [2.75, 3.05) is 0 Å². The normalized spacial score (nSPS) is 12.9. The Hall–Kier alpha value is -1.83. The van der Waals surface area contributed by atoms with Gasteiger partial charge in [0, 0.05) is 0 Å². The predicted molar refractivity (Wildman–Crippen MR) is 53.9 cm³/mol. The monoisotopic (exact) mass is 167 g/mol. The summed E-state index contributed by atoms with van der Waals surface area (Å²) in [7, 11) is 0. The van der Waals surface area contributed by atoms with Crippen LogP contribution in [0.5, 0.6) is 0 Å². The summed E-state index contributed by atoms with van der Waals surface area (Å²) in [5.74, 6) is 0. The lowest BCUT2D eigenvalue weighted by molar-refractivity contribution is 1.36. The van der Waals surface area contributed by atoms with E-state index in [1.54, 1.807) is 6.34 Å². The van der Waals surface area contributed by atoms with Gasteiger partial charge in [-0.05, 0) is 22.9 Å². The molecule has 0 atom stereocenters. The van der Waals surface area contributed by atoms with Crippen LogP contribution >= 0.6 is 0 Å². The number of rotatable bonds is 0. The molecule has 2 nitrogen and oxygen atoms in total. The van der Waals surface area contributed by atoms with Crippen molar-refractivity contribution in [2.24, 2.45) is 4.99 Å². The van der Waals surface area contributed by atoms with Crippen LogP contribution in [0, 0.1) is 0 Å². The second-order valence-corrected chi connectivity index (χ2v) is 3.06. The maximum Gasteiger partial charge on any atom is 0.116 e. The second-order valence-electron chi connectivity index (χ2n) is 3.06. The molecule has 0 fully saturated rings. The Balaban J connectivity index is 2.40. The number of fused-ring (bicyclic) bond motifs is 2. The Morgan fingerprint density at radius 1 is 0.846 bits per heavy atom. The first-order chi connectivity index (χ1) is 6.43. The molecule has 1 radical (unpaired) electrons. The molecule has 2 aromatic rings. The molecule has 0 saturated heterocycles. The van der Waals surface area contributed by atoms with Crippen molar-refractivity contribution < 1.29 is 0 Å². The number of hydrogen-bond acceptors (Lipinski definition) is 1. The van der Waals surface area contributed by atoms with Gasteiger partial charge in [0.05, 0.1) is 11.4 Å². The molecule has 1 heterocycles. The van der Waals surface area contributed by atoms with Gasteiger partial charge in [-0.2, -0.15) is 0 Å². The van der Waals surface area contributed by atoms with Gasteiger partial charge in [0.1, 0.15) is 6.34 Å². The molecule has 0 spiro atoms. The summed E-state index contributed by atoms with van der Waals surface area (Å²) < 4.78 is 0. The van der Waals surface area contributed by atoms with Gasteiger partial charge in [0.25, 0.3) is 0 Å². The van der Waals surface area contributed by atoms with Crippen LogP contribution in [-0.4, -0.2) is 6.34 Å². The Morgan fingerprint density at radius 3 is 2.31 bits per heavy atom. The minimum absolute atomic E-state index is 0.971. The molecule has 0 amide bonds. The third kappa shape index (κ3) is 0.920. The van der Waals surface area contributed by atoms with Gasteiger partial charge in [-0.3, -0.25) is 0 Å². The van der Waals surface area contributed by atoms with Gasteiger partial charge in [0.2, 0.25) is 0 Å². The molecule has 1 aliphatic heterocycles. The topological polar surface area (TPSA) is 26.5 Å². The van der Waals surface area contributed by atoms with Crippen LogP contribution in [0.3, 0.4) is 0 Å². The highest BCUT2D eigenvalue weighted by Gasteiger charge is 2.07. The van der Waals surface area contributed by atoms with Crippen LogP contribution in [0.15, 0.2) is 41.4 Å². The van der Waals surface area contributed by atoms with Crippen molar-refractivity contribution in [1.29, 1.82) is 0 Å². The van der Waals surface area contributed by atoms with Gasteiger partial charge in [-0.1, -0.05) is 24.3 Å². The molecule has 0 unspecified atom stereocenters. The average Bonchev–Trinajstić information content (AvgIpc) is 2.61. The molecule has 61 valence electrons. The summed E-state index contributed by atoms with van der Waals surface area (Å²) in [6.07, 6.45) is 1.60. The lowest BCUT2D eigenvalue weighted by Gasteiger charge is -1.99. The highest BCUT2D eigenvalue weighted by molar-refractivity contribution is 5.94. The largest absolute Gasteiger partial charge is 0.235 e. The van der Waals surface area contributed by atoms with E-state index in [-0.39, 0.29) is 0 Å². The van der Waals surface area contributed by atoms with E-state index in [2.05, 4.69) is 34.6 Å². The van der Waals surface area contributed by atoms with Crippen molar-refractivity contribution in [3.05, 3.63) is 36.4 Å². The van der Waals surface area contributed by atoms with E-state index in [1.165, 1.54) is 10.8 Å². The highest BCUT2D eigenvalue weighted by atomic mass is 15.0. The summed E-state index contributed by atoms with van der Waals surface area (Å²) in [4.78, 5) is 4.16. The first-order valence-electron chi connectivity index (χ1n) is 4.20. The Kier molecular flexibility index (Phi) is 1.19. The predicted octanol–water partition coefficient (Wildman–Crippen LogP) is 2.75. The lowest BCUT2D eigenvalue weighted by atomic mass is 10.1. The maximum absolute atomic E-state index is 4.16. The summed E-state index contributed by atoms with van der Waals surface area (Å²) in [6, 6.07) is 12.4. The van der Waals surface area contributed by atoms with Gasteiger partial charge in [-0.25, -0.2) is 10.3 Å². The fourth-order valence-corrected chi connectivity index (χ4v) is 1.58. The number of benzene rings is 2. The first kappa shape index (κ1) is 6.66. The number of hydrogen-bond donors (Lipinski definition) is 0. The smallest absolute Gasteiger partial charge is 0.116 e. The summed E-state index contributed by atoms with van der Waals surface area (Å²) >= 11 is 0. The lowest BCUT2D eigenvalue weighted by Crippen LogP contribution is -1.84. The van der Waals surface area contributed by atoms with Crippen LogP contribution in [0.4, 0.5) is 11.4 Å². The molecular weight excluding hydrogens is 160 g/mol. The van der Waals surface area contributed by atoms with E-state index >= 15 is 0 Å². The van der Waals surface area contributed by atoms with Crippen molar-refractivity contribution in [2.45, 2.75) is 0 Å². The van der Waals surface area contributed by atoms with Gasteiger partial charge < -0.3 is 0 Å². The van der Waals surface area contributed by atoms with Gasteiger partial charge in [0.15, 0.2) is 0 Å². The van der Waals surface area contributed by atoms with Gasteiger partial charge in [-0.15, -0.1) is 0 Å². The Labute approximate surface area is 75.9 Å². The molecule has 0 bridgehead atoms. The van der Waals surface area contributed by atoms with E-state index < -0.39 is 0 Å². The molecule has 0 saturated carbocycles. The highest BCUT2D eigenvalue weighted by Crippen LogP contribution is 2.32. The molecule has 1 aliphatic rings. The van der Waals surface area contributed by atoms with E-state index in [9.17, 15) is 0 Å². The minimum atomic E-state index is 0.971. The zero-order valence-corrected chi connectivity index (χ0v) is 6.94. The van der Waals surface area contributed by atoms with E-state index in [0.717, 1.165) is 11.4 Å². The fourth-order valence-electron chi connectivity index (χ4n) is 1.58. The van der Waals surface area contributed by atoms with Gasteiger partial charge >= 0.3 is 0 Å². The molecular formula is C11H7N2. The summed E-state index contributed by atoms with van der Waals surface area (Å²) in [5.41, 5.74) is 1.94. The molecule has 2 heteroatoms. The molecule has 3 rings (SSSR count). The van der Waals surface area contributed by atoms with Crippen molar-refractivity contribution in [1.82, 2.24) is 5.32 Å². The van der Waals surface area contributed by atoms with E-state index in [4.69, 9.17) is 0 Å². The minimum Gasteiger partial charge on any atom is -0.235 e. The van der Waals surface area contributed by atoms with E-state index in [0.29, 0.717) is 0 Å². The average molecular weight is 167 g/mol. The Morgan fingerprint density at radius 2 is 1.54 bits per heavy atom. The summed E-state index contributed by atoms with van der Waals surface area (Å²) in [6.45, 7) is 0. The van der Waals surface area contributed by atoms with E-state index in [1.807, 2.05) is 12.1 Å². The van der Waals surface area contributed by atoms with Crippen molar-refractivity contribution in [3.8, 4) is 0 Å². The van der Waals surface area contributed by atoms with Crippen molar-refractivity contribution in [3.63, 3.8) is 0 Å². The zero-order chi connectivity index (χ0) is 8.67. The van der Waals surface area contributed by atoms with Crippen LogP contribution in [-0.2, 0) is 0 Å². The molecule has 13 heavy (non-hydrogen) atoms. The SMILES string of the molecule is C1=Nc2cc3ccccc3cc2[N]1. The van der Waals surface area contributed by atoms with Crippen LogP contribution < -0.4 is 5.32 Å². The van der Waals surface area contributed by atoms with Crippen LogP contribution in [0.1, 0.15) is 0 Å². The second kappa shape index (κ2) is 2.33. The quantitative estimate of drug-likeness (QED) is 0.576. The molecule has 0 N–H and O–H groups in total. The molecule has 2 aromatic carbocycles. The van der Waals surface area contributed by atoms with Crippen LogP contribution in [0.25, 0.3) is 10.8 Å². The third-order valence-corrected chi connectivity index (χ3v) is 2.24. The molecule has 0 aromatic heterocycles. The summed E-state index contributed by atoms with van der Waals surface area (Å²) in [5, 5.41) is 6.59. The Bertz CT molecular complexity index is 500.